The summed E-state index contributed by atoms with van der Waals surface area (Å²) in [7, 11) is 1.86. The second kappa shape index (κ2) is 9.78. The molecule has 1 aromatic carbocycles. The van der Waals surface area contributed by atoms with E-state index in [2.05, 4.69) is 29.7 Å². The van der Waals surface area contributed by atoms with Crippen LogP contribution in [-0.4, -0.2) is 35.4 Å². The molecule has 5 nitrogen and oxygen atoms in total. The molecule has 0 spiro atoms. The topological polar surface area (TPSA) is 57.3 Å². The van der Waals surface area contributed by atoms with Crippen LogP contribution in [0.4, 0.5) is 4.39 Å². The lowest BCUT2D eigenvalue weighted by atomic mass is 9.99. The normalized spacial score (nSPS) is 19.1. The number of benzene rings is 1. The third kappa shape index (κ3) is 5.84. The summed E-state index contributed by atoms with van der Waals surface area (Å²) in [6, 6.07) is 7.17. The Hall–Kier alpha value is -1.83. The van der Waals surface area contributed by atoms with Crippen molar-refractivity contribution in [1.82, 2.24) is 20.7 Å². The lowest BCUT2D eigenvalue weighted by Crippen LogP contribution is -2.32. The van der Waals surface area contributed by atoms with Gasteiger partial charge in [0.25, 0.3) is 5.91 Å². The van der Waals surface area contributed by atoms with E-state index in [1.54, 1.807) is 17.0 Å². The van der Waals surface area contributed by atoms with E-state index in [-0.39, 0.29) is 17.8 Å². The molecule has 1 amide bonds. The molecule has 2 atom stereocenters. The maximum Gasteiger partial charge on any atom is 0.265 e. The average Bonchev–Trinajstić information content (AvgIpc) is 3.27. The Balaban J connectivity index is 1.46. The molecule has 2 heterocycles. The van der Waals surface area contributed by atoms with E-state index in [1.165, 1.54) is 17.4 Å². The van der Waals surface area contributed by atoms with Gasteiger partial charge in [-0.2, -0.15) is 0 Å². The number of hydrogen-bond acceptors (Lipinski definition) is 5. The van der Waals surface area contributed by atoms with E-state index >= 15 is 0 Å². The van der Waals surface area contributed by atoms with Crippen molar-refractivity contribution in [1.29, 1.82) is 0 Å². The van der Waals surface area contributed by atoms with Gasteiger partial charge in [-0.05, 0) is 49.8 Å². The zero-order valence-corrected chi connectivity index (χ0v) is 18.5. The molecule has 7 heteroatoms. The number of amides is 1. The lowest BCUT2D eigenvalue weighted by Gasteiger charge is -2.17. The van der Waals surface area contributed by atoms with Gasteiger partial charge in [0.05, 0.1) is 10.7 Å². The Kier molecular flexibility index (Phi) is 7.38. The van der Waals surface area contributed by atoms with Gasteiger partial charge < -0.3 is 4.90 Å². The number of aryl methyl sites for hydroxylation is 1. The summed E-state index contributed by atoms with van der Waals surface area (Å²) in [5.74, 6) is 0.387. The average molecular weight is 419 g/mol. The summed E-state index contributed by atoms with van der Waals surface area (Å²) < 4.78 is 13.4. The van der Waals surface area contributed by atoms with Crippen molar-refractivity contribution in [2.75, 3.05) is 13.6 Å². The molecule has 1 fully saturated rings. The van der Waals surface area contributed by atoms with Crippen LogP contribution in [0, 0.1) is 18.7 Å². The third-order valence-electron chi connectivity index (χ3n) is 5.24. The number of rotatable bonds is 8. The molecule has 3 rings (SSSR count). The summed E-state index contributed by atoms with van der Waals surface area (Å²) in [6.45, 7) is 6.95. The van der Waals surface area contributed by atoms with Gasteiger partial charge in [0, 0.05) is 32.1 Å². The molecule has 2 unspecified atom stereocenters. The van der Waals surface area contributed by atoms with Crippen LogP contribution in [0.5, 0.6) is 0 Å². The quantitative estimate of drug-likeness (QED) is 0.673. The highest BCUT2D eigenvalue weighted by Gasteiger charge is 2.25. The highest BCUT2D eigenvalue weighted by Crippen LogP contribution is 2.25. The first-order valence-electron chi connectivity index (χ1n) is 10.3. The standard InChI is InChI=1S/C22H31FN4OS/c1-14(2)11-20-24-15(3)21(29-20)22(28)27(4)10-6-9-18-13-19(26-25-18)16-7-5-8-17(23)12-16/h5,7-8,12,14,18-19,25-26H,6,9-11,13H2,1-4H3. The van der Waals surface area contributed by atoms with Crippen LogP contribution < -0.4 is 10.9 Å². The number of hydrazine groups is 1. The van der Waals surface area contributed by atoms with Crippen molar-refractivity contribution < 1.29 is 9.18 Å². The first-order valence-corrected chi connectivity index (χ1v) is 11.1. The van der Waals surface area contributed by atoms with Crippen LogP contribution in [0.2, 0.25) is 0 Å². The molecule has 29 heavy (non-hydrogen) atoms. The Labute approximate surface area is 176 Å². The number of thiazole rings is 1. The van der Waals surface area contributed by atoms with E-state index in [0.717, 1.165) is 46.8 Å². The maximum atomic E-state index is 13.4. The van der Waals surface area contributed by atoms with Gasteiger partial charge in [-0.25, -0.2) is 9.37 Å². The largest absolute Gasteiger partial charge is 0.341 e. The Morgan fingerprint density at radius 1 is 1.38 bits per heavy atom. The van der Waals surface area contributed by atoms with E-state index in [1.807, 2.05) is 20.0 Å². The van der Waals surface area contributed by atoms with Gasteiger partial charge in [-0.3, -0.25) is 15.6 Å². The van der Waals surface area contributed by atoms with Crippen molar-refractivity contribution in [3.05, 3.63) is 51.2 Å². The number of aromatic nitrogens is 1. The fraction of sp³-hybridized carbons (Fsp3) is 0.545. The molecular formula is C22H31FN4OS. The van der Waals surface area contributed by atoms with Gasteiger partial charge >= 0.3 is 0 Å². The van der Waals surface area contributed by atoms with Crippen LogP contribution in [0.1, 0.15) is 65.1 Å². The predicted molar refractivity (Wildman–Crippen MR) is 115 cm³/mol. The smallest absolute Gasteiger partial charge is 0.265 e. The number of nitrogens with zero attached hydrogens (tertiary/aromatic N) is 2. The summed E-state index contributed by atoms with van der Waals surface area (Å²) in [5.41, 5.74) is 8.36. The predicted octanol–water partition coefficient (Wildman–Crippen LogP) is 4.25. The van der Waals surface area contributed by atoms with Crippen molar-refractivity contribution in [3.63, 3.8) is 0 Å². The molecule has 1 aliphatic heterocycles. The van der Waals surface area contributed by atoms with E-state index < -0.39 is 0 Å². The van der Waals surface area contributed by atoms with Gasteiger partial charge in [0.1, 0.15) is 10.7 Å². The summed E-state index contributed by atoms with van der Waals surface area (Å²) in [4.78, 5) is 19.9. The fourth-order valence-electron chi connectivity index (χ4n) is 3.69. The first-order chi connectivity index (χ1) is 13.8. The van der Waals surface area contributed by atoms with Gasteiger partial charge in [-0.15, -0.1) is 11.3 Å². The molecule has 1 saturated heterocycles. The number of carbonyl (C=O) groups is 1. The van der Waals surface area contributed by atoms with Crippen LogP contribution in [0.15, 0.2) is 24.3 Å². The minimum Gasteiger partial charge on any atom is -0.341 e. The third-order valence-corrected chi connectivity index (χ3v) is 6.41. The SMILES string of the molecule is Cc1nc(CC(C)C)sc1C(=O)N(C)CCCC1CC(c2cccc(F)c2)NN1. The Bertz CT molecular complexity index is 838. The minimum atomic E-state index is -0.206. The molecule has 2 aromatic rings. The second-order valence-electron chi connectivity index (χ2n) is 8.32. The van der Waals surface area contributed by atoms with Crippen LogP contribution >= 0.6 is 11.3 Å². The van der Waals surface area contributed by atoms with Gasteiger partial charge in [0.2, 0.25) is 0 Å². The van der Waals surface area contributed by atoms with Crippen LogP contribution in [0.25, 0.3) is 0 Å². The number of halogens is 1. The minimum absolute atomic E-state index is 0.0603. The first kappa shape index (κ1) is 21.9. The number of hydrogen-bond donors (Lipinski definition) is 2. The second-order valence-corrected chi connectivity index (χ2v) is 9.40. The molecule has 0 aliphatic carbocycles. The maximum absolute atomic E-state index is 13.4. The van der Waals surface area contributed by atoms with Crippen LogP contribution in [0.3, 0.4) is 0 Å². The molecule has 2 N–H and O–H groups in total. The molecule has 0 radical (unpaired) electrons. The molecule has 0 bridgehead atoms. The van der Waals surface area contributed by atoms with Gasteiger partial charge in [0.15, 0.2) is 0 Å². The molecular weight excluding hydrogens is 387 g/mol. The monoisotopic (exact) mass is 418 g/mol. The van der Waals surface area contributed by atoms with Crippen molar-refractivity contribution in [3.8, 4) is 0 Å². The summed E-state index contributed by atoms with van der Waals surface area (Å²) in [6.07, 6.45) is 3.69. The van der Waals surface area contributed by atoms with E-state index in [0.29, 0.717) is 18.5 Å². The molecule has 1 aromatic heterocycles. The van der Waals surface area contributed by atoms with Crippen molar-refractivity contribution in [2.45, 2.75) is 58.5 Å². The highest BCUT2D eigenvalue weighted by molar-refractivity contribution is 7.13. The number of carbonyl (C=O) groups excluding carboxylic acids is 1. The van der Waals surface area contributed by atoms with Gasteiger partial charge in [-0.1, -0.05) is 26.0 Å². The van der Waals surface area contributed by atoms with Crippen molar-refractivity contribution >= 4 is 17.2 Å². The lowest BCUT2D eigenvalue weighted by molar-refractivity contribution is 0.0795. The van der Waals surface area contributed by atoms with E-state index in [4.69, 9.17) is 0 Å². The fourth-order valence-corrected chi connectivity index (χ4v) is 4.96. The zero-order valence-electron chi connectivity index (χ0n) is 17.7. The summed E-state index contributed by atoms with van der Waals surface area (Å²) >= 11 is 1.53. The molecule has 0 saturated carbocycles. The van der Waals surface area contributed by atoms with E-state index in [9.17, 15) is 9.18 Å². The van der Waals surface area contributed by atoms with Crippen molar-refractivity contribution in [2.24, 2.45) is 5.92 Å². The Morgan fingerprint density at radius 3 is 2.90 bits per heavy atom. The molecule has 1 aliphatic rings. The number of nitrogens with one attached hydrogen (secondary N) is 2. The highest BCUT2D eigenvalue weighted by atomic mass is 32.1. The molecule has 158 valence electrons. The summed E-state index contributed by atoms with van der Waals surface area (Å²) in [5, 5.41) is 1.04. The van der Waals surface area contributed by atoms with Crippen LogP contribution in [-0.2, 0) is 6.42 Å². The Morgan fingerprint density at radius 2 is 2.17 bits per heavy atom. The zero-order chi connectivity index (χ0) is 21.0.